The maximum atomic E-state index is 12.7. The summed E-state index contributed by atoms with van der Waals surface area (Å²) in [4.78, 5) is 12.7. The predicted molar refractivity (Wildman–Crippen MR) is 94.7 cm³/mol. The zero-order valence-electron chi connectivity index (χ0n) is 14.9. The van der Waals surface area contributed by atoms with E-state index in [1.807, 2.05) is 58.0 Å². The Hall–Kier alpha value is -1.23. The molecule has 4 nitrogen and oxygen atoms in total. The van der Waals surface area contributed by atoms with E-state index in [4.69, 9.17) is 11.5 Å². The van der Waals surface area contributed by atoms with Crippen molar-refractivity contribution < 1.29 is 9.90 Å². The van der Waals surface area contributed by atoms with Gasteiger partial charge in [-0.2, -0.15) is 0 Å². The summed E-state index contributed by atoms with van der Waals surface area (Å²) in [5, 5.41) is 10.0. The second-order valence-corrected chi connectivity index (χ2v) is 7.56. The topological polar surface area (TPSA) is 89.3 Å². The van der Waals surface area contributed by atoms with Gasteiger partial charge in [0.15, 0.2) is 5.78 Å². The molecule has 0 aliphatic heterocycles. The Morgan fingerprint density at radius 2 is 1.74 bits per heavy atom. The molecule has 130 valence electrons. The van der Waals surface area contributed by atoms with Crippen molar-refractivity contribution in [2.75, 3.05) is 0 Å². The molecule has 1 aromatic carbocycles. The lowest BCUT2D eigenvalue weighted by atomic mass is 9.68. The largest absolute Gasteiger partial charge is 0.393 e. The minimum atomic E-state index is -1.43. The number of rotatable bonds is 8. The van der Waals surface area contributed by atoms with Crippen LogP contribution in [-0.2, 0) is 11.2 Å². The Bertz CT molecular complexity index is 492. The third kappa shape index (κ3) is 5.72. The fourth-order valence-corrected chi connectivity index (χ4v) is 3.02. The van der Waals surface area contributed by atoms with Crippen LogP contribution in [0, 0.1) is 11.3 Å². The molecule has 0 saturated carbocycles. The van der Waals surface area contributed by atoms with Gasteiger partial charge in [0.05, 0.1) is 6.10 Å². The predicted octanol–water partition coefficient (Wildman–Crippen LogP) is 2.63. The first-order valence-corrected chi connectivity index (χ1v) is 8.42. The van der Waals surface area contributed by atoms with Crippen LogP contribution in [0.1, 0.15) is 52.5 Å². The molecule has 0 bridgehead atoms. The summed E-state index contributed by atoms with van der Waals surface area (Å²) in [6.07, 6.45) is 1.51. The zero-order chi connectivity index (χ0) is 17.7. The number of hydrogen-bond donors (Lipinski definition) is 3. The van der Waals surface area contributed by atoms with Crippen molar-refractivity contribution >= 4 is 5.78 Å². The van der Waals surface area contributed by atoms with Crippen LogP contribution in [-0.4, -0.2) is 22.7 Å². The van der Waals surface area contributed by atoms with E-state index < -0.39 is 11.8 Å². The van der Waals surface area contributed by atoms with Gasteiger partial charge in [0.25, 0.3) is 0 Å². The third-order valence-electron chi connectivity index (χ3n) is 4.57. The van der Waals surface area contributed by atoms with Gasteiger partial charge in [0.1, 0.15) is 5.66 Å². The number of carbonyl (C=O) groups excluding carboxylic acids is 1. The number of aliphatic hydroxyl groups excluding tert-OH is 1. The van der Waals surface area contributed by atoms with Gasteiger partial charge in [-0.25, -0.2) is 0 Å². The molecule has 23 heavy (non-hydrogen) atoms. The van der Waals surface area contributed by atoms with Crippen LogP contribution in [0.4, 0.5) is 0 Å². The first kappa shape index (κ1) is 19.8. The van der Waals surface area contributed by atoms with E-state index in [1.54, 1.807) is 0 Å². The van der Waals surface area contributed by atoms with Crippen molar-refractivity contribution in [2.45, 2.75) is 65.1 Å². The summed E-state index contributed by atoms with van der Waals surface area (Å²) in [6.45, 7) is 7.95. The van der Waals surface area contributed by atoms with Crippen LogP contribution in [0.5, 0.6) is 0 Å². The molecule has 0 aliphatic carbocycles. The van der Waals surface area contributed by atoms with Crippen molar-refractivity contribution in [1.29, 1.82) is 0 Å². The molecule has 0 heterocycles. The molecule has 0 radical (unpaired) electrons. The van der Waals surface area contributed by atoms with Crippen molar-refractivity contribution in [2.24, 2.45) is 22.8 Å². The summed E-state index contributed by atoms with van der Waals surface area (Å²) in [6, 6.07) is 9.83. The lowest BCUT2D eigenvalue weighted by Gasteiger charge is -2.42. The molecule has 1 rings (SSSR count). The van der Waals surface area contributed by atoms with E-state index in [2.05, 4.69) is 0 Å². The van der Waals surface area contributed by atoms with Crippen LogP contribution in [0.15, 0.2) is 30.3 Å². The maximum absolute atomic E-state index is 12.7. The first-order valence-electron chi connectivity index (χ1n) is 8.42. The monoisotopic (exact) mass is 320 g/mol. The van der Waals surface area contributed by atoms with E-state index in [-0.39, 0.29) is 17.1 Å². The molecule has 0 saturated heterocycles. The average molecular weight is 320 g/mol. The van der Waals surface area contributed by atoms with Crippen LogP contribution >= 0.6 is 0 Å². The second-order valence-electron chi connectivity index (χ2n) is 7.56. The highest BCUT2D eigenvalue weighted by molar-refractivity contribution is 5.88. The molecule has 1 aromatic rings. The van der Waals surface area contributed by atoms with E-state index >= 15 is 0 Å². The number of aryl methyl sites for hydroxylation is 1. The van der Waals surface area contributed by atoms with E-state index in [0.717, 1.165) is 5.56 Å². The van der Waals surface area contributed by atoms with Crippen molar-refractivity contribution in [3.63, 3.8) is 0 Å². The number of benzene rings is 1. The van der Waals surface area contributed by atoms with Crippen molar-refractivity contribution in [3.8, 4) is 0 Å². The van der Waals surface area contributed by atoms with Gasteiger partial charge in [-0.15, -0.1) is 0 Å². The van der Waals surface area contributed by atoms with Crippen LogP contribution in [0.3, 0.4) is 0 Å². The van der Waals surface area contributed by atoms with Gasteiger partial charge in [-0.05, 0) is 30.2 Å². The summed E-state index contributed by atoms with van der Waals surface area (Å²) in [5.41, 5.74) is 12.0. The highest BCUT2D eigenvalue weighted by atomic mass is 16.3. The second kappa shape index (κ2) is 8.04. The Balaban J connectivity index is 2.84. The number of carbonyl (C=O) groups is 1. The Morgan fingerprint density at radius 3 is 2.22 bits per heavy atom. The minimum Gasteiger partial charge on any atom is -0.393 e. The fourth-order valence-electron chi connectivity index (χ4n) is 3.02. The summed E-state index contributed by atoms with van der Waals surface area (Å²) in [5.74, 6) is -0.433. The standard InChI is InChI=1S/C19H32N2O2/c1-5-15(22)13-16(18(2,3)4)19(20,21)17(23)12-11-14-9-7-6-8-10-14/h6-10,15-16,22H,5,11-13,20-21H2,1-4H3. The van der Waals surface area contributed by atoms with Gasteiger partial charge >= 0.3 is 0 Å². The molecule has 0 spiro atoms. The number of hydrogen-bond acceptors (Lipinski definition) is 4. The molecule has 0 aliphatic rings. The maximum Gasteiger partial charge on any atom is 0.167 e. The van der Waals surface area contributed by atoms with Gasteiger partial charge in [-0.3, -0.25) is 4.79 Å². The van der Waals surface area contributed by atoms with Crippen molar-refractivity contribution in [1.82, 2.24) is 0 Å². The van der Waals surface area contributed by atoms with Gasteiger partial charge in [0, 0.05) is 12.3 Å². The number of nitrogens with two attached hydrogens (primary N) is 2. The molecule has 0 fully saturated rings. The smallest absolute Gasteiger partial charge is 0.167 e. The molecule has 2 unspecified atom stereocenters. The van der Waals surface area contributed by atoms with Crippen LogP contribution in [0.2, 0.25) is 0 Å². The van der Waals surface area contributed by atoms with E-state index in [1.165, 1.54) is 0 Å². The summed E-state index contributed by atoms with van der Waals surface area (Å²) >= 11 is 0. The molecule has 4 heteroatoms. The lowest BCUT2D eigenvalue weighted by Crippen LogP contribution is -2.65. The van der Waals surface area contributed by atoms with Crippen molar-refractivity contribution in [3.05, 3.63) is 35.9 Å². The molecule has 0 aromatic heterocycles. The minimum absolute atomic E-state index is 0.149. The SMILES string of the molecule is CCC(O)CC(C(C)(C)C)C(N)(N)C(=O)CCc1ccccc1. The average Bonchev–Trinajstić information content (AvgIpc) is 2.49. The molecule has 2 atom stereocenters. The van der Waals surface area contributed by atoms with Gasteiger partial charge < -0.3 is 16.6 Å². The number of aliphatic hydroxyl groups is 1. The lowest BCUT2D eigenvalue weighted by molar-refractivity contribution is -0.128. The normalized spacial score (nSPS) is 15.3. The third-order valence-corrected chi connectivity index (χ3v) is 4.57. The summed E-state index contributed by atoms with van der Waals surface area (Å²) in [7, 11) is 0. The molecule has 0 amide bonds. The molecular weight excluding hydrogens is 288 g/mol. The first-order chi connectivity index (χ1) is 10.6. The highest BCUT2D eigenvalue weighted by Crippen LogP contribution is 2.36. The Kier molecular flexibility index (Phi) is 6.93. The quantitative estimate of drug-likeness (QED) is 0.642. The fraction of sp³-hybridized carbons (Fsp3) is 0.632. The Morgan fingerprint density at radius 1 is 1.17 bits per heavy atom. The van der Waals surface area contributed by atoms with Gasteiger partial charge in [-0.1, -0.05) is 58.0 Å². The van der Waals surface area contributed by atoms with Gasteiger partial charge in [0.2, 0.25) is 0 Å². The van der Waals surface area contributed by atoms with E-state index in [9.17, 15) is 9.90 Å². The number of ketones is 1. The van der Waals surface area contributed by atoms with Crippen LogP contribution < -0.4 is 11.5 Å². The summed E-state index contributed by atoms with van der Waals surface area (Å²) < 4.78 is 0. The molecule has 5 N–H and O–H groups in total. The zero-order valence-corrected chi connectivity index (χ0v) is 14.9. The molecular formula is C19H32N2O2. The number of Topliss-reactive ketones (excluding diaryl/α,β-unsaturated/α-hetero) is 1. The van der Waals surface area contributed by atoms with Crippen LogP contribution in [0.25, 0.3) is 0 Å². The highest BCUT2D eigenvalue weighted by Gasteiger charge is 2.44. The Labute approximate surface area is 140 Å². The van der Waals surface area contributed by atoms with E-state index in [0.29, 0.717) is 25.7 Å².